The first-order chi connectivity index (χ1) is 12.5. The van der Waals surface area contributed by atoms with Crippen LogP contribution in [0.2, 0.25) is 0 Å². The van der Waals surface area contributed by atoms with Crippen molar-refractivity contribution < 1.29 is 9.59 Å². The second kappa shape index (κ2) is 8.33. The number of carbonyl (C=O) groups is 2. The molecular weight excluding hydrogens is 414 g/mol. The van der Waals surface area contributed by atoms with E-state index in [2.05, 4.69) is 26.2 Å². The molecule has 132 valence electrons. The third-order valence-corrected chi connectivity index (χ3v) is 5.18. The van der Waals surface area contributed by atoms with Gasteiger partial charge in [0, 0.05) is 40.1 Å². The molecule has 0 aliphatic carbocycles. The van der Waals surface area contributed by atoms with Gasteiger partial charge in [-0.25, -0.2) is 4.98 Å². The highest BCUT2D eigenvalue weighted by molar-refractivity contribution is 9.10. The summed E-state index contributed by atoms with van der Waals surface area (Å²) >= 11 is 4.85. The normalized spacial score (nSPS) is 10.5. The maximum absolute atomic E-state index is 12.4. The molecule has 0 bridgehead atoms. The molecule has 0 atom stereocenters. The molecule has 0 spiro atoms. The second-order valence-electron chi connectivity index (χ2n) is 5.56. The molecule has 7 heteroatoms. The van der Waals surface area contributed by atoms with Crippen molar-refractivity contribution in [2.24, 2.45) is 7.05 Å². The van der Waals surface area contributed by atoms with Gasteiger partial charge in [-0.3, -0.25) is 9.59 Å². The summed E-state index contributed by atoms with van der Waals surface area (Å²) in [6.07, 6.45) is 3.32. The molecule has 1 N–H and O–H groups in total. The summed E-state index contributed by atoms with van der Waals surface area (Å²) in [7, 11) is 1.78. The standard InChI is InChI=1S/C19H16BrN3O2S/c1-23-11-10-21-19(23)18(25)13-2-6-15(7-3-13)22-17(24)12-26-16-8-4-14(20)5-9-16/h2-11H,12H2,1H3,(H,22,24). The number of rotatable bonds is 6. The number of ketones is 1. The number of aromatic nitrogens is 2. The van der Waals surface area contributed by atoms with Gasteiger partial charge in [-0.05, 0) is 48.5 Å². The maximum Gasteiger partial charge on any atom is 0.234 e. The van der Waals surface area contributed by atoms with Crippen LogP contribution in [-0.2, 0) is 11.8 Å². The van der Waals surface area contributed by atoms with Crippen molar-refractivity contribution in [1.82, 2.24) is 9.55 Å². The molecule has 1 aromatic heterocycles. The highest BCUT2D eigenvalue weighted by atomic mass is 79.9. The van der Waals surface area contributed by atoms with Gasteiger partial charge in [-0.1, -0.05) is 15.9 Å². The number of aryl methyl sites for hydroxylation is 1. The molecule has 0 aliphatic heterocycles. The number of nitrogens with zero attached hydrogens (tertiary/aromatic N) is 2. The number of nitrogens with one attached hydrogen (secondary N) is 1. The van der Waals surface area contributed by atoms with Crippen molar-refractivity contribution in [2.75, 3.05) is 11.1 Å². The minimum atomic E-state index is -0.152. The highest BCUT2D eigenvalue weighted by Crippen LogP contribution is 2.21. The minimum Gasteiger partial charge on any atom is -0.331 e. The summed E-state index contributed by atoms with van der Waals surface area (Å²) < 4.78 is 2.68. The average molecular weight is 430 g/mol. The van der Waals surface area contributed by atoms with Crippen molar-refractivity contribution in [1.29, 1.82) is 0 Å². The van der Waals surface area contributed by atoms with Crippen LogP contribution in [0.3, 0.4) is 0 Å². The Hall–Kier alpha value is -2.38. The van der Waals surface area contributed by atoms with Gasteiger partial charge in [0.25, 0.3) is 0 Å². The lowest BCUT2D eigenvalue weighted by atomic mass is 10.1. The van der Waals surface area contributed by atoms with Crippen molar-refractivity contribution >= 4 is 45.1 Å². The summed E-state index contributed by atoms with van der Waals surface area (Å²) in [6, 6.07) is 14.6. The van der Waals surface area contributed by atoms with E-state index >= 15 is 0 Å². The average Bonchev–Trinajstić information content (AvgIpc) is 3.07. The number of carbonyl (C=O) groups excluding carboxylic acids is 2. The van der Waals surface area contributed by atoms with E-state index < -0.39 is 0 Å². The van der Waals surface area contributed by atoms with E-state index in [-0.39, 0.29) is 11.7 Å². The molecule has 0 unspecified atom stereocenters. The van der Waals surface area contributed by atoms with Crippen LogP contribution in [0.1, 0.15) is 16.2 Å². The molecular formula is C19H16BrN3O2S. The van der Waals surface area contributed by atoms with Gasteiger partial charge in [0.2, 0.25) is 11.7 Å². The zero-order valence-corrected chi connectivity index (χ0v) is 16.4. The fraction of sp³-hybridized carbons (Fsp3) is 0.105. The quantitative estimate of drug-likeness (QED) is 0.472. The first-order valence-corrected chi connectivity index (χ1v) is 9.61. The summed E-state index contributed by atoms with van der Waals surface area (Å²) in [5, 5.41) is 2.83. The molecule has 5 nitrogen and oxygen atoms in total. The molecule has 26 heavy (non-hydrogen) atoms. The molecule has 0 aliphatic rings. The van der Waals surface area contributed by atoms with Crippen LogP contribution in [0.15, 0.2) is 70.3 Å². The Balaban J connectivity index is 1.57. The predicted octanol–water partition coefficient (Wildman–Crippen LogP) is 4.14. The van der Waals surface area contributed by atoms with Crippen LogP contribution in [0.25, 0.3) is 0 Å². The van der Waals surface area contributed by atoms with Gasteiger partial charge < -0.3 is 9.88 Å². The highest BCUT2D eigenvalue weighted by Gasteiger charge is 2.13. The molecule has 3 rings (SSSR count). The molecule has 2 aromatic carbocycles. The lowest BCUT2D eigenvalue weighted by Crippen LogP contribution is -2.14. The van der Waals surface area contributed by atoms with Crippen LogP contribution < -0.4 is 5.32 Å². The number of anilines is 1. The van der Waals surface area contributed by atoms with Gasteiger partial charge >= 0.3 is 0 Å². The molecule has 1 amide bonds. The smallest absolute Gasteiger partial charge is 0.234 e. The van der Waals surface area contributed by atoms with E-state index in [1.807, 2.05) is 24.3 Å². The van der Waals surface area contributed by atoms with Crippen molar-refractivity contribution in [3.8, 4) is 0 Å². The van der Waals surface area contributed by atoms with Crippen LogP contribution in [-0.4, -0.2) is 27.0 Å². The summed E-state index contributed by atoms with van der Waals surface area (Å²) in [5.41, 5.74) is 1.18. The number of hydrogen-bond donors (Lipinski definition) is 1. The van der Waals surface area contributed by atoms with E-state index in [9.17, 15) is 9.59 Å². The fourth-order valence-corrected chi connectivity index (χ4v) is 3.26. The van der Waals surface area contributed by atoms with Crippen molar-refractivity contribution in [3.05, 3.63) is 76.8 Å². The topological polar surface area (TPSA) is 64.0 Å². The fourth-order valence-electron chi connectivity index (χ4n) is 2.30. The molecule has 3 aromatic rings. The molecule has 1 heterocycles. The summed E-state index contributed by atoms with van der Waals surface area (Å²) in [6.45, 7) is 0. The minimum absolute atomic E-state index is 0.0962. The van der Waals surface area contributed by atoms with E-state index in [1.165, 1.54) is 11.8 Å². The summed E-state index contributed by atoms with van der Waals surface area (Å²) in [4.78, 5) is 29.5. The van der Waals surface area contributed by atoms with Crippen LogP contribution >= 0.6 is 27.7 Å². The van der Waals surface area contributed by atoms with Crippen molar-refractivity contribution in [3.63, 3.8) is 0 Å². The summed E-state index contributed by atoms with van der Waals surface area (Å²) in [5.74, 6) is 0.449. The molecule has 0 saturated carbocycles. The van der Waals surface area contributed by atoms with Gasteiger partial charge in [0.15, 0.2) is 5.82 Å². The zero-order valence-electron chi connectivity index (χ0n) is 14.0. The number of benzene rings is 2. The van der Waals surface area contributed by atoms with Gasteiger partial charge in [0.1, 0.15) is 0 Å². The Morgan fingerprint density at radius 2 is 1.81 bits per heavy atom. The number of imidazole rings is 1. The van der Waals surface area contributed by atoms with Gasteiger partial charge in [-0.2, -0.15) is 0 Å². The van der Waals surface area contributed by atoms with Crippen LogP contribution in [0, 0.1) is 0 Å². The zero-order chi connectivity index (χ0) is 18.5. The van der Waals surface area contributed by atoms with E-state index in [0.29, 0.717) is 22.8 Å². The van der Waals surface area contributed by atoms with Gasteiger partial charge in [0.05, 0.1) is 5.75 Å². The number of halogens is 1. The van der Waals surface area contributed by atoms with Crippen LogP contribution in [0.4, 0.5) is 5.69 Å². The van der Waals surface area contributed by atoms with E-state index in [4.69, 9.17) is 0 Å². The Bertz CT molecular complexity index is 921. The van der Waals surface area contributed by atoms with Gasteiger partial charge in [-0.15, -0.1) is 11.8 Å². The Morgan fingerprint density at radius 1 is 1.12 bits per heavy atom. The number of hydrogen-bond acceptors (Lipinski definition) is 4. The lowest BCUT2D eigenvalue weighted by Gasteiger charge is -2.07. The van der Waals surface area contributed by atoms with E-state index in [1.54, 1.807) is 48.3 Å². The molecule has 0 saturated heterocycles. The Kier molecular flexibility index (Phi) is 5.90. The SMILES string of the molecule is Cn1ccnc1C(=O)c1ccc(NC(=O)CSc2ccc(Br)cc2)cc1. The second-order valence-corrected chi connectivity index (χ2v) is 7.52. The molecule has 0 fully saturated rings. The molecule has 0 radical (unpaired) electrons. The predicted molar refractivity (Wildman–Crippen MR) is 107 cm³/mol. The third kappa shape index (κ3) is 4.62. The Morgan fingerprint density at radius 3 is 2.42 bits per heavy atom. The third-order valence-electron chi connectivity index (χ3n) is 3.64. The first kappa shape index (κ1) is 18.4. The monoisotopic (exact) mass is 429 g/mol. The van der Waals surface area contributed by atoms with Crippen LogP contribution in [0.5, 0.6) is 0 Å². The van der Waals surface area contributed by atoms with Crippen molar-refractivity contribution in [2.45, 2.75) is 4.90 Å². The largest absolute Gasteiger partial charge is 0.331 e. The Labute approximate surface area is 164 Å². The first-order valence-electron chi connectivity index (χ1n) is 7.83. The van der Waals surface area contributed by atoms with E-state index in [0.717, 1.165) is 9.37 Å². The number of amides is 1. The maximum atomic E-state index is 12.4. The lowest BCUT2D eigenvalue weighted by molar-refractivity contribution is -0.113. The number of thioether (sulfide) groups is 1.